The number of benzene rings is 3. The van der Waals surface area contributed by atoms with Crippen molar-refractivity contribution in [1.82, 2.24) is 14.6 Å². The van der Waals surface area contributed by atoms with E-state index < -0.39 is 74.3 Å². The van der Waals surface area contributed by atoms with Crippen LogP contribution in [0.3, 0.4) is 0 Å². The molecule has 2 N–H and O–H groups in total. The molecule has 0 aliphatic carbocycles. The van der Waals surface area contributed by atoms with Gasteiger partial charge in [-0.1, -0.05) is 78.9 Å². The molecule has 1 amide bonds. The molecule has 0 spiro atoms. The molecule has 56 heavy (non-hydrogen) atoms. The van der Waals surface area contributed by atoms with Crippen molar-refractivity contribution in [2.75, 3.05) is 11.9 Å². The fourth-order valence-corrected chi connectivity index (χ4v) is 7.26. The topological polar surface area (TPSA) is 192 Å². The Hall–Kier alpha value is -5.68. The number of halogens is 2. The highest BCUT2D eigenvalue weighted by Crippen LogP contribution is 2.49. The number of ether oxygens (including phenoxy) is 5. The number of rotatable bonds is 14. The predicted octanol–water partition coefficient (Wildman–Crippen LogP) is 6.13. The fraction of sp³-hybridized carbons (Fsp3) is 0.324. The maximum atomic E-state index is 16.3. The monoisotopic (exact) mass is 798 g/mol. The van der Waals surface area contributed by atoms with Crippen LogP contribution in [0.25, 0.3) is 0 Å². The third kappa shape index (κ3) is 10.1. The summed E-state index contributed by atoms with van der Waals surface area (Å²) in [5.74, 6) is -5.21. The number of carbonyl (C=O) groups is 3. The summed E-state index contributed by atoms with van der Waals surface area (Å²) in [5, 5.41) is 4.78. The van der Waals surface area contributed by atoms with Crippen molar-refractivity contribution in [3.63, 3.8) is 0 Å². The van der Waals surface area contributed by atoms with Gasteiger partial charge in [0.2, 0.25) is 12.3 Å². The lowest BCUT2D eigenvalue weighted by Crippen LogP contribution is -2.45. The molecule has 19 heteroatoms. The lowest BCUT2D eigenvalue weighted by Gasteiger charge is -2.25. The van der Waals surface area contributed by atoms with Gasteiger partial charge in [-0.2, -0.15) is 18.9 Å². The molecule has 296 valence electrons. The van der Waals surface area contributed by atoms with Gasteiger partial charge < -0.3 is 28.2 Å². The lowest BCUT2D eigenvalue weighted by atomic mass is 10.0. The Morgan fingerprint density at radius 2 is 1.52 bits per heavy atom. The number of cyclic esters (lactones) is 1. The van der Waals surface area contributed by atoms with E-state index in [1.807, 2.05) is 0 Å². The van der Waals surface area contributed by atoms with E-state index in [0.29, 0.717) is 15.7 Å². The van der Waals surface area contributed by atoms with E-state index in [1.54, 1.807) is 92.7 Å². The quantitative estimate of drug-likeness (QED) is 0.0841. The minimum atomic E-state index is -4.62. The molecule has 0 bridgehead atoms. The highest BCUT2D eigenvalue weighted by atomic mass is 31.2. The predicted molar refractivity (Wildman–Crippen MR) is 191 cm³/mol. The molecule has 6 rings (SSSR count). The summed E-state index contributed by atoms with van der Waals surface area (Å²) in [6, 6.07) is 24.7. The molecule has 2 aliphatic heterocycles. The largest absolute Gasteiger partial charge is 0.509 e. The molecule has 0 saturated carbocycles. The van der Waals surface area contributed by atoms with Crippen molar-refractivity contribution in [3.05, 3.63) is 125 Å². The smallest absolute Gasteiger partial charge is 0.458 e. The molecule has 5 atom stereocenters. The number of hydrogen-bond donors (Lipinski definition) is 2. The average molecular weight is 799 g/mol. The molecule has 2 aliphatic rings. The van der Waals surface area contributed by atoms with Crippen molar-refractivity contribution in [3.8, 4) is 5.75 Å². The van der Waals surface area contributed by atoms with Crippen LogP contribution in [-0.2, 0) is 50.8 Å². The minimum absolute atomic E-state index is 0.0390. The number of hydrogen-bond acceptors (Lipinski definition) is 13. The van der Waals surface area contributed by atoms with Gasteiger partial charge in [0.15, 0.2) is 0 Å². The summed E-state index contributed by atoms with van der Waals surface area (Å²) in [6.07, 6.45) is -8.41. The zero-order valence-corrected chi connectivity index (χ0v) is 30.8. The third-order valence-electron chi connectivity index (χ3n) is 8.35. The summed E-state index contributed by atoms with van der Waals surface area (Å²) >= 11 is 0. The molecular weight excluding hydrogens is 761 g/mol. The van der Waals surface area contributed by atoms with Crippen molar-refractivity contribution >= 4 is 31.8 Å². The fourth-order valence-electron chi connectivity index (χ4n) is 5.76. The number of nitrogens with one attached hydrogen (secondary N) is 2. The van der Waals surface area contributed by atoms with Crippen molar-refractivity contribution in [2.45, 2.75) is 69.5 Å². The zero-order valence-electron chi connectivity index (χ0n) is 29.9. The van der Waals surface area contributed by atoms with Crippen molar-refractivity contribution in [1.29, 1.82) is 0 Å². The highest BCUT2D eigenvalue weighted by Gasteiger charge is 2.63. The van der Waals surface area contributed by atoms with Gasteiger partial charge in [-0.25, -0.2) is 18.9 Å². The number of esters is 1. The van der Waals surface area contributed by atoms with E-state index in [4.69, 9.17) is 32.7 Å². The number of carbonyl (C=O) groups excluding carboxylic acids is 3. The van der Waals surface area contributed by atoms with Crippen molar-refractivity contribution in [2.24, 2.45) is 0 Å². The zero-order chi connectivity index (χ0) is 39.9. The maximum Gasteiger partial charge on any atom is 0.509 e. The van der Waals surface area contributed by atoms with Crippen LogP contribution in [0.1, 0.15) is 37.6 Å². The normalized spacial score (nSPS) is 22.0. The lowest BCUT2D eigenvalue weighted by molar-refractivity contribution is -0.147. The summed E-state index contributed by atoms with van der Waals surface area (Å²) < 4.78 is 84.8. The number of alkyl halides is 2. The van der Waals surface area contributed by atoms with Crippen molar-refractivity contribution < 1.29 is 60.5 Å². The highest BCUT2D eigenvalue weighted by molar-refractivity contribution is 7.52. The second-order valence-electron chi connectivity index (χ2n) is 13.2. The Bertz CT molecular complexity index is 2110. The number of aromatic nitrogens is 2. The van der Waals surface area contributed by atoms with Gasteiger partial charge in [0, 0.05) is 12.6 Å². The second kappa shape index (κ2) is 17.0. The molecule has 16 nitrogen and oxygen atoms in total. The van der Waals surface area contributed by atoms with Gasteiger partial charge in [0.1, 0.15) is 42.5 Å². The van der Waals surface area contributed by atoms with Crippen LogP contribution in [-0.4, -0.2) is 64.1 Å². The van der Waals surface area contributed by atoms with Crippen LogP contribution < -0.4 is 20.6 Å². The molecule has 5 unspecified atom stereocenters. The van der Waals surface area contributed by atoms with Gasteiger partial charge in [0.25, 0.3) is 0 Å². The molecule has 4 aromatic rings. The van der Waals surface area contributed by atoms with E-state index in [2.05, 4.69) is 15.4 Å². The van der Waals surface area contributed by atoms with Crippen LogP contribution in [0.15, 0.2) is 108 Å². The van der Waals surface area contributed by atoms with E-state index in [1.165, 1.54) is 12.1 Å². The molecule has 0 radical (unpaired) electrons. The summed E-state index contributed by atoms with van der Waals surface area (Å²) in [4.78, 5) is 54.6. The van der Waals surface area contributed by atoms with Gasteiger partial charge in [0.05, 0.1) is 6.61 Å². The van der Waals surface area contributed by atoms with Crippen LogP contribution in [0.2, 0.25) is 0 Å². The number of amides is 1. The first-order valence-electron chi connectivity index (χ1n) is 17.2. The summed E-state index contributed by atoms with van der Waals surface area (Å²) in [7, 11) is -4.62. The van der Waals surface area contributed by atoms with Gasteiger partial charge in [-0.15, -0.1) is 0 Å². The Labute approximate surface area is 318 Å². The Morgan fingerprint density at radius 1 is 0.911 bits per heavy atom. The third-order valence-corrected chi connectivity index (χ3v) is 9.91. The maximum absolute atomic E-state index is 16.3. The summed E-state index contributed by atoms with van der Waals surface area (Å²) in [5.41, 5.74) is -0.991. The second-order valence-corrected chi connectivity index (χ2v) is 14.9. The molecule has 3 heterocycles. The Balaban J connectivity index is 1.22. The molecular formula is C37H37F2N4O12P. The first kappa shape index (κ1) is 40.0. The van der Waals surface area contributed by atoms with Gasteiger partial charge in [-0.05, 0) is 43.2 Å². The van der Waals surface area contributed by atoms with E-state index >= 15 is 8.78 Å². The van der Waals surface area contributed by atoms with E-state index in [9.17, 15) is 23.7 Å². The van der Waals surface area contributed by atoms with Gasteiger partial charge >= 0.3 is 37.6 Å². The number of nitrogens with zero attached hydrogens (tertiary/aromatic N) is 2. The standard InChI is InChI=1S/C37H37F2N4O12P/c1-36(2)20-27(31(44)54-36)42-56(48,55-26-16-10-5-11-17-26)51-23-28-30(53-35(47)50-22-25-14-8-4-9-15-25)37(38,39)32(52-28)43-19-18-29(40-33(43)45)41-34(46)49-21-24-12-6-3-7-13-24/h3-19,27-28,30,32H,20-23H2,1-2H3,(H,42,48)(H,40,41,45,46). The minimum Gasteiger partial charge on any atom is -0.458 e. The van der Waals surface area contributed by atoms with E-state index in [0.717, 1.165) is 12.3 Å². The van der Waals surface area contributed by atoms with E-state index in [-0.39, 0.29) is 31.2 Å². The SMILES string of the molecule is CC1(C)CC(NP(=O)(OCC2OC(n3ccc(NC(=O)OCc4ccccc4)nc3=O)C(F)(F)C2OC(=O)OCc2ccccc2)Oc2ccccc2)C(=O)O1. The van der Waals surface area contributed by atoms with Crippen LogP contribution in [0.4, 0.5) is 24.2 Å². The first-order valence-corrected chi connectivity index (χ1v) is 18.7. The number of para-hydroxylation sites is 1. The Morgan fingerprint density at radius 3 is 2.11 bits per heavy atom. The molecule has 2 fully saturated rings. The average Bonchev–Trinajstić information content (AvgIpc) is 3.57. The van der Waals surface area contributed by atoms with Gasteiger partial charge in [-0.3, -0.25) is 19.2 Å². The van der Waals surface area contributed by atoms with Crippen LogP contribution in [0.5, 0.6) is 5.75 Å². The Kier molecular flexibility index (Phi) is 12.1. The van der Waals surface area contributed by atoms with Crippen LogP contribution in [0, 0.1) is 0 Å². The molecule has 3 aromatic carbocycles. The number of anilines is 1. The molecule has 1 aromatic heterocycles. The summed E-state index contributed by atoms with van der Waals surface area (Å²) in [6.45, 7) is 1.88. The first-order chi connectivity index (χ1) is 26.7. The molecule has 2 saturated heterocycles. The van der Waals surface area contributed by atoms with Crippen LogP contribution >= 0.6 is 7.75 Å².